The van der Waals surface area contributed by atoms with Crippen LogP contribution in [-0.2, 0) is 25.0 Å². The van der Waals surface area contributed by atoms with Crippen LogP contribution in [0.15, 0.2) is 30.3 Å². The van der Waals surface area contributed by atoms with Gasteiger partial charge in [0, 0.05) is 25.4 Å². The Morgan fingerprint density at radius 1 is 1.16 bits per heavy atom. The van der Waals surface area contributed by atoms with E-state index in [-0.39, 0.29) is 28.8 Å². The molecular formula is C25H32N2O4S. The molecule has 1 N–H and O–H groups in total. The van der Waals surface area contributed by atoms with Crippen LogP contribution in [0, 0.1) is 16.7 Å². The number of allylic oxidation sites excluding steroid dienone is 1. The monoisotopic (exact) mass is 456 g/mol. The number of fused-ring (bicyclic) bond motifs is 4. The molecule has 1 heterocycles. The number of hydrogen-bond donors (Lipinski definition) is 1. The summed E-state index contributed by atoms with van der Waals surface area (Å²) in [6.45, 7) is 6.35. The number of Topliss-reactive ketones (excluding diaryl/α,β-unsaturated/α-hetero) is 1. The predicted octanol–water partition coefficient (Wildman–Crippen LogP) is 2.89. The number of ketones is 1. The van der Waals surface area contributed by atoms with E-state index in [0.29, 0.717) is 19.5 Å². The third-order valence-corrected chi connectivity index (χ3v) is 11.1. The summed E-state index contributed by atoms with van der Waals surface area (Å²) in [4.78, 5) is 25.1. The summed E-state index contributed by atoms with van der Waals surface area (Å²) in [7, 11) is -3.61. The van der Waals surface area contributed by atoms with Gasteiger partial charge in [-0.3, -0.25) is 9.59 Å². The van der Waals surface area contributed by atoms with E-state index in [2.05, 4.69) is 29.6 Å². The van der Waals surface area contributed by atoms with E-state index in [4.69, 9.17) is 0 Å². The molecule has 2 bridgehead atoms. The van der Waals surface area contributed by atoms with Gasteiger partial charge in [-0.05, 0) is 48.1 Å². The molecule has 32 heavy (non-hydrogen) atoms. The molecule has 6 nitrogen and oxygen atoms in total. The number of hydrogen-bond acceptors (Lipinski definition) is 4. The Bertz CT molecular complexity index is 1110. The maximum Gasteiger partial charge on any atom is 0.217 e. The minimum atomic E-state index is -3.61. The number of carbonyl (C=O) groups is 2. The first-order valence-corrected chi connectivity index (χ1v) is 13.2. The average Bonchev–Trinajstić information content (AvgIpc) is 3.25. The van der Waals surface area contributed by atoms with Crippen molar-refractivity contribution in [2.75, 3.05) is 18.8 Å². The highest BCUT2D eigenvalue weighted by Gasteiger charge is 2.70. The van der Waals surface area contributed by atoms with Crippen LogP contribution in [0.3, 0.4) is 0 Å². The second-order valence-corrected chi connectivity index (χ2v) is 12.7. The van der Waals surface area contributed by atoms with Gasteiger partial charge in [0.05, 0.1) is 17.2 Å². The number of piperidine rings is 1. The molecule has 0 aromatic heterocycles. The fourth-order valence-electron chi connectivity index (χ4n) is 7.10. The summed E-state index contributed by atoms with van der Waals surface area (Å²) >= 11 is 0. The Labute approximate surface area is 190 Å². The van der Waals surface area contributed by atoms with Gasteiger partial charge < -0.3 is 5.32 Å². The maximum absolute atomic E-state index is 13.6. The summed E-state index contributed by atoms with van der Waals surface area (Å²) in [6, 6.07) is 7.77. The van der Waals surface area contributed by atoms with Gasteiger partial charge in [-0.1, -0.05) is 50.3 Å². The Balaban J connectivity index is 1.36. The molecule has 0 radical (unpaired) electrons. The van der Waals surface area contributed by atoms with Crippen molar-refractivity contribution in [3.05, 3.63) is 41.5 Å². The van der Waals surface area contributed by atoms with E-state index < -0.39 is 26.9 Å². The summed E-state index contributed by atoms with van der Waals surface area (Å²) in [5.74, 6) is -0.508. The molecule has 5 rings (SSSR count). The Morgan fingerprint density at radius 2 is 1.84 bits per heavy atom. The molecule has 3 fully saturated rings. The normalized spacial score (nSPS) is 32.4. The lowest BCUT2D eigenvalue weighted by Gasteiger charge is -2.41. The summed E-state index contributed by atoms with van der Waals surface area (Å²) in [6.07, 6.45) is 7.24. The summed E-state index contributed by atoms with van der Waals surface area (Å²) < 4.78 is 28.8. The highest BCUT2D eigenvalue weighted by atomic mass is 32.2. The first kappa shape index (κ1) is 21.8. The number of carbonyl (C=O) groups excluding carboxylic acids is 2. The van der Waals surface area contributed by atoms with E-state index in [9.17, 15) is 18.0 Å². The lowest BCUT2D eigenvalue weighted by atomic mass is 9.70. The largest absolute Gasteiger partial charge is 0.346 e. The second kappa shape index (κ2) is 7.00. The molecule has 1 aromatic carbocycles. The number of nitrogens with zero attached hydrogens (tertiary/aromatic N) is 1. The SMILES string of the molecule is CC(=O)NC1C(=O)[C@]2(CS(=O)(=O)N3CCC4(C=Cc5ccccc54)CC3)CC[C@H]1C2(C)C. The number of nitrogens with one attached hydrogen (secondary N) is 1. The molecule has 1 unspecified atom stereocenters. The zero-order valence-corrected chi connectivity index (χ0v) is 19.9. The van der Waals surface area contributed by atoms with Crippen LogP contribution < -0.4 is 5.32 Å². The van der Waals surface area contributed by atoms with Crippen molar-refractivity contribution >= 4 is 27.8 Å². The molecule has 3 atom stereocenters. The average molecular weight is 457 g/mol. The molecule has 2 saturated carbocycles. The fraction of sp³-hybridized carbons (Fsp3) is 0.600. The molecule has 1 saturated heterocycles. The first-order chi connectivity index (χ1) is 15.0. The summed E-state index contributed by atoms with van der Waals surface area (Å²) in [5.41, 5.74) is 1.03. The number of amides is 1. The van der Waals surface area contributed by atoms with Gasteiger partial charge in [-0.15, -0.1) is 0 Å². The van der Waals surface area contributed by atoms with Crippen LogP contribution in [0.1, 0.15) is 57.6 Å². The standard InChI is InChI=1S/C25H32N2O4S/c1-17(28)26-21-20-9-11-25(22(21)29,23(20,2)3)16-32(30,31)27-14-12-24(13-15-27)10-8-18-6-4-5-7-19(18)24/h4-8,10,20-21H,9,11-16H2,1-3H3,(H,26,28)/t20-,21?,25-/m1/s1. The van der Waals surface area contributed by atoms with E-state index in [0.717, 1.165) is 19.3 Å². The molecule has 1 amide bonds. The molecule has 3 aliphatic carbocycles. The van der Waals surface area contributed by atoms with E-state index in [1.165, 1.54) is 18.1 Å². The Morgan fingerprint density at radius 3 is 2.53 bits per heavy atom. The van der Waals surface area contributed by atoms with E-state index in [1.807, 2.05) is 26.0 Å². The first-order valence-electron chi connectivity index (χ1n) is 11.6. The fourth-order valence-corrected chi connectivity index (χ4v) is 9.30. The van der Waals surface area contributed by atoms with Crippen molar-refractivity contribution in [1.29, 1.82) is 0 Å². The van der Waals surface area contributed by atoms with Crippen molar-refractivity contribution in [1.82, 2.24) is 9.62 Å². The third-order valence-electron chi connectivity index (χ3n) is 9.07. The molecule has 1 aliphatic heterocycles. The number of rotatable bonds is 4. The van der Waals surface area contributed by atoms with Crippen LogP contribution >= 0.6 is 0 Å². The van der Waals surface area contributed by atoms with Crippen molar-refractivity contribution in [3.8, 4) is 0 Å². The smallest absolute Gasteiger partial charge is 0.217 e. The summed E-state index contributed by atoms with van der Waals surface area (Å²) in [5, 5.41) is 2.81. The van der Waals surface area contributed by atoms with Gasteiger partial charge in [0.2, 0.25) is 15.9 Å². The molecule has 1 spiro atoms. The molecular weight excluding hydrogens is 424 g/mol. The van der Waals surface area contributed by atoms with Crippen molar-refractivity contribution < 1.29 is 18.0 Å². The predicted molar refractivity (Wildman–Crippen MR) is 123 cm³/mol. The van der Waals surface area contributed by atoms with E-state index >= 15 is 0 Å². The zero-order valence-electron chi connectivity index (χ0n) is 19.1. The van der Waals surface area contributed by atoms with Gasteiger partial charge in [0.15, 0.2) is 5.78 Å². The van der Waals surface area contributed by atoms with Gasteiger partial charge in [0.25, 0.3) is 0 Å². The van der Waals surface area contributed by atoms with Gasteiger partial charge in [-0.2, -0.15) is 0 Å². The van der Waals surface area contributed by atoms with Gasteiger partial charge in [-0.25, -0.2) is 12.7 Å². The van der Waals surface area contributed by atoms with Crippen LogP contribution in [0.4, 0.5) is 0 Å². The highest BCUT2D eigenvalue weighted by Crippen LogP contribution is 2.64. The van der Waals surface area contributed by atoms with Gasteiger partial charge in [0.1, 0.15) is 0 Å². The van der Waals surface area contributed by atoms with E-state index in [1.54, 1.807) is 4.31 Å². The second-order valence-electron chi connectivity index (χ2n) is 10.7. The Hall–Kier alpha value is -1.99. The molecule has 1 aromatic rings. The van der Waals surface area contributed by atoms with Crippen LogP contribution in [0.2, 0.25) is 0 Å². The minimum Gasteiger partial charge on any atom is -0.346 e. The maximum atomic E-state index is 13.6. The minimum absolute atomic E-state index is 0.0150. The number of sulfonamides is 1. The van der Waals surface area contributed by atoms with Crippen molar-refractivity contribution in [2.45, 2.75) is 57.9 Å². The van der Waals surface area contributed by atoms with Crippen molar-refractivity contribution in [3.63, 3.8) is 0 Å². The van der Waals surface area contributed by atoms with Crippen LogP contribution in [0.5, 0.6) is 0 Å². The quantitative estimate of drug-likeness (QED) is 0.755. The van der Waals surface area contributed by atoms with Crippen molar-refractivity contribution in [2.24, 2.45) is 16.7 Å². The zero-order chi connectivity index (χ0) is 22.9. The lowest BCUT2D eigenvalue weighted by Crippen LogP contribution is -2.52. The number of benzene rings is 1. The van der Waals surface area contributed by atoms with Crippen LogP contribution in [0.25, 0.3) is 6.08 Å². The lowest BCUT2D eigenvalue weighted by molar-refractivity contribution is -0.132. The Kier molecular flexibility index (Phi) is 4.78. The van der Waals surface area contributed by atoms with Gasteiger partial charge >= 0.3 is 0 Å². The third kappa shape index (κ3) is 2.90. The molecule has 4 aliphatic rings. The van der Waals surface area contributed by atoms with Crippen LogP contribution in [-0.4, -0.2) is 49.3 Å². The topological polar surface area (TPSA) is 83.5 Å². The highest BCUT2D eigenvalue weighted by molar-refractivity contribution is 7.89. The molecule has 172 valence electrons. The molecule has 7 heteroatoms.